The lowest BCUT2D eigenvalue weighted by molar-refractivity contribution is 0.0953. The Balaban J connectivity index is 2.01. The molecule has 3 aromatic rings. The first kappa shape index (κ1) is 25.1. The largest absolute Gasteiger partial charge is 0.373 e. The van der Waals surface area contributed by atoms with E-state index in [4.69, 9.17) is 16.7 Å². The Morgan fingerprint density at radius 1 is 1.29 bits per heavy atom. The van der Waals surface area contributed by atoms with Crippen molar-refractivity contribution in [2.75, 3.05) is 18.9 Å². The van der Waals surface area contributed by atoms with Crippen LogP contribution in [0.5, 0.6) is 0 Å². The van der Waals surface area contributed by atoms with Gasteiger partial charge < -0.3 is 15.6 Å². The maximum Gasteiger partial charge on any atom is 0.267 e. The van der Waals surface area contributed by atoms with Gasteiger partial charge in [-0.3, -0.25) is 9.79 Å². The number of halogens is 1. The van der Waals surface area contributed by atoms with Gasteiger partial charge in [0.2, 0.25) is 0 Å². The second-order valence-corrected chi connectivity index (χ2v) is 9.20. The first-order valence-electron chi connectivity index (χ1n) is 11.0. The summed E-state index contributed by atoms with van der Waals surface area (Å²) in [6.07, 6.45) is 7.12. The van der Waals surface area contributed by atoms with Crippen LogP contribution >= 0.6 is 11.6 Å². The van der Waals surface area contributed by atoms with Crippen molar-refractivity contribution in [2.24, 2.45) is 4.99 Å². The number of benzene rings is 1. The van der Waals surface area contributed by atoms with Gasteiger partial charge in [-0.25, -0.2) is 4.68 Å². The molecule has 0 bridgehead atoms. The van der Waals surface area contributed by atoms with Crippen LogP contribution in [0.2, 0.25) is 5.02 Å². The van der Waals surface area contributed by atoms with E-state index in [0.29, 0.717) is 17.3 Å². The number of carbonyl (C=O) groups is 1. The maximum absolute atomic E-state index is 12.8. The van der Waals surface area contributed by atoms with Gasteiger partial charge in [-0.05, 0) is 69.8 Å². The lowest BCUT2D eigenvalue weighted by atomic mass is 10.0. The van der Waals surface area contributed by atoms with E-state index in [1.165, 1.54) is 0 Å². The number of H-pyrrole nitrogens is 1. The van der Waals surface area contributed by atoms with Crippen LogP contribution in [0.1, 0.15) is 38.2 Å². The van der Waals surface area contributed by atoms with E-state index in [9.17, 15) is 4.79 Å². The Labute approximate surface area is 205 Å². The number of hydrogen-bond acceptors (Lipinski definition) is 4. The van der Waals surface area contributed by atoms with Crippen LogP contribution in [-0.4, -0.2) is 41.0 Å². The number of aromatic amines is 1. The lowest BCUT2D eigenvalue weighted by Gasteiger charge is -2.22. The molecule has 178 valence electrons. The molecule has 3 rings (SSSR count). The minimum atomic E-state index is -0.267. The van der Waals surface area contributed by atoms with E-state index in [1.54, 1.807) is 12.4 Å². The Morgan fingerprint density at radius 3 is 2.68 bits per heavy atom. The maximum atomic E-state index is 12.8. The monoisotopic (exact) mass is 478 g/mol. The molecule has 2 heterocycles. The predicted octanol–water partition coefficient (Wildman–Crippen LogP) is 5.89. The summed E-state index contributed by atoms with van der Waals surface area (Å²) in [6, 6.07) is 9.50. The molecule has 0 saturated carbocycles. The molecule has 2 aromatic heterocycles. The van der Waals surface area contributed by atoms with Crippen molar-refractivity contribution >= 4 is 30.0 Å². The van der Waals surface area contributed by atoms with Crippen molar-refractivity contribution in [3.05, 3.63) is 71.2 Å². The second-order valence-electron chi connectivity index (χ2n) is 8.76. The molecule has 1 amide bonds. The fourth-order valence-electron chi connectivity index (χ4n) is 3.60. The molecule has 0 saturated heterocycles. The topological polar surface area (TPSA) is 87.1 Å². The minimum absolute atomic E-state index is 0.209. The van der Waals surface area contributed by atoms with Crippen LogP contribution in [0, 0.1) is 0 Å². The van der Waals surface area contributed by atoms with E-state index >= 15 is 0 Å². The van der Waals surface area contributed by atoms with Crippen LogP contribution in [-0.2, 0) is 5.54 Å². The number of amides is 1. The summed E-state index contributed by atoms with van der Waals surface area (Å²) in [5.74, 6) is 0.663. The normalized spacial score (nSPS) is 12.2. The van der Waals surface area contributed by atoms with Gasteiger partial charge in [-0.15, -0.1) is 0 Å². The summed E-state index contributed by atoms with van der Waals surface area (Å²) in [7, 11) is 1.88. The summed E-state index contributed by atoms with van der Waals surface area (Å²) >= 11 is 6.31. The van der Waals surface area contributed by atoms with Gasteiger partial charge in [0.1, 0.15) is 17.2 Å². The number of nitrogens with one attached hydrogen (secondary N) is 3. The predicted molar refractivity (Wildman–Crippen MR) is 142 cm³/mol. The molecule has 0 fully saturated rings. The Kier molecular flexibility index (Phi) is 7.79. The van der Waals surface area contributed by atoms with Crippen molar-refractivity contribution < 1.29 is 4.79 Å². The summed E-state index contributed by atoms with van der Waals surface area (Å²) in [6.45, 7) is 12.0. The highest BCUT2D eigenvalue weighted by Crippen LogP contribution is 2.40. The van der Waals surface area contributed by atoms with Gasteiger partial charge in [0, 0.05) is 36.6 Å². The molecule has 0 aliphatic rings. The quantitative estimate of drug-likeness (QED) is 0.279. The van der Waals surface area contributed by atoms with E-state index < -0.39 is 0 Å². The molecule has 34 heavy (non-hydrogen) atoms. The summed E-state index contributed by atoms with van der Waals surface area (Å²) in [4.78, 5) is 19.6. The van der Waals surface area contributed by atoms with Crippen molar-refractivity contribution in [3.8, 4) is 22.4 Å². The molecule has 8 heteroatoms. The number of carbonyl (C=O) groups excluding carboxylic acids is 1. The average Bonchev–Trinajstić information content (AvgIpc) is 3.43. The third-order valence-corrected chi connectivity index (χ3v) is 5.52. The average molecular weight is 479 g/mol. The van der Waals surface area contributed by atoms with Crippen LogP contribution in [0.15, 0.2) is 65.4 Å². The number of nitrogens with zero attached hydrogens (tertiary/aromatic N) is 3. The smallest absolute Gasteiger partial charge is 0.267 e. The van der Waals surface area contributed by atoms with Gasteiger partial charge in [-0.2, -0.15) is 5.10 Å². The number of allylic oxidation sites excluding steroid dienone is 1. The molecule has 7 nitrogen and oxygen atoms in total. The molecule has 0 aliphatic carbocycles. The fraction of sp³-hybridized carbons (Fsp3) is 0.269. The molecule has 0 spiro atoms. The Bertz CT molecular complexity index is 1240. The molecule has 0 radical (unpaired) electrons. The van der Waals surface area contributed by atoms with Crippen molar-refractivity contribution in [2.45, 2.75) is 33.2 Å². The van der Waals surface area contributed by atoms with Crippen LogP contribution in [0.3, 0.4) is 0 Å². The third-order valence-electron chi connectivity index (χ3n) is 5.29. The molecular formula is C26H31ClN6O. The number of anilines is 1. The van der Waals surface area contributed by atoms with Gasteiger partial charge in [0.15, 0.2) is 0 Å². The summed E-state index contributed by atoms with van der Waals surface area (Å²) < 4.78 is 1.96. The minimum Gasteiger partial charge on any atom is -0.373 e. The standard InChI is InChI=1S/C26H31ClN6O/c1-7-17(11-12-28-5)15-31-25(34)21-14-19(16-30-21)23-22(18-9-8-10-20(27)13-18)24(29-6)33(32-23)26(2,3)4/h7-14,16,29-30H,5,15H2,1-4,6H3,(H,31,34)/b12-11-,17-7+. The summed E-state index contributed by atoms with van der Waals surface area (Å²) in [5.41, 5.74) is 4.53. The molecule has 3 N–H and O–H groups in total. The number of aliphatic imine (C=N–C) groups is 1. The fourth-order valence-corrected chi connectivity index (χ4v) is 3.79. The summed E-state index contributed by atoms with van der Waals surface area (Å²) in [5, 5.41) is 11.8. The third kappa shape index (κ3) is 5.48. The molecule has 0 aliphatic heterocycles. The van der Waals surface area contributed by atoms with Gasteiger partial charge >= 0.3 is 0 Å². The van der Waals surface area contributed by atoms with Crippen LogP contribution in [0.4, 0.5) is 5.82 Å². The number of hydrogen-bond donors (Lipinski definition) is 3. The Hall–Kier alpha value is -3.58. The second kappa shape index (κ2) is 10.6. The lowest BCUT2D eigenvalue weighted by Crippen LogP contribution is -2.25. The highest BCUT2D eigenvalue weighted by Gasteiger charge is 2.27. The Morgan fingerprint density at radius 2 is 2.06 bits per heavy atom. The van der Waals surface area contributed by atoms with E-state index in [-0.39, 0.29) is 11.4 Å². The molecular weight excluding hydrogens is 448 g/mol. The zero-order chi connectivity index (χ0) is 24.9. The first-order valence-corrected chi connectivity index (χ1v) is 11.4. The van der Waals surface area contributed by atoms with Crippen molar-refractivity contribution in [1.82, 2.24) is 20.1 Å². The zero-order valence-electron chi connectivity index (χ0n) is 20.2. The van der Waals surface area contributed by atoms with Crippen LogP contribution in [0.25, 0.3) is 22.4 Å². The van der Waals surface area contributed by atoms with Gasteiger partial charge in [0.25, 0.3) is 5.91 Å². The highest BCUT2D eigenvalue weighted by molar-refractivity contribution is 6.30. The number of rotatable bonds is 8. The van der Waals surface area contributed by atoms with E-state index in [0.717, 1.165) is 33.8 Å². The van der Waals surface area contributed by atoms with Crippen LogP contribution < -0.4 is 10.6 Å². The zero-order valence-corrected chi connectivity index (χ0v) is 21.0. The van der Waals surface area contributed by atoms with Gasteiger partial charge in [0.05, 0.1) is 11.1 Å². The highest BCUT2D eigenvalue weighted by atomic mass is 35.5. The number of aromatic nitrogens is 3. The van der Waals surface area contributed by atoms with E-state index in [2.05, 4.69) is 48.1 Å². The van der Waals surface area contributed by atoms with Crippen molar-refractivity contribution in [3.63, 3.8) is 0 Å². The van der Waals surface area contributed by atoms with Gasteiger partial charge in [-0.1, -0.05) is 29.8 Å². The molecule has 1 aromatic carbocycles. The van der Waals surface area contributed by atoms with E-state index in [1.807, 2.05) is 61.1 Å². The first-order chi connectivity index (χ1) is 16.2. The molecule has 0 atom stereocenters. The van der Waals surface area contributed by atoms with Crippen molar-refractivity contribution in [1.29, 1.82) is 0 Å². The SMILES string of the molecule is C=N/C=C\C(=C/C)CNC(=O)c1cc(-c2nn(C(C)(C)C)c(NC)c2-c2cccc(Cl)c2)c[nH]1. The molecule has 0 unspecified atom stereocenters.